The van der Waals surface area contributed by atoms with E-state index in [4.69, 9.17) is 9.16 Å². The lowest BCUT2D eigenvalue weighted by Gasteiger charge is -2.28. The minimum Gasteiger partial charge on any atom is -0.412 e. The lowest BCUT2D eigenvalue weighted by Crippen LogP contribution is -2.38. The SMILES string of the molecule is C[C@@]12CCCC(O[Si](C)(C)C)[C@@H]1O2. The average molecular weight is 200 g/mol. The molecule has 1 aliphatic heterocycles. The molecule has 1 aliphatic carbocycles. The minimum atomic E-state index is -1.37. The largest absolute Gasteiger partial charge is 0.412 e. The van der Waals surface area contributed by atoms with E-state index in [1.165, 1.54) is 19.3 Å². The molecular weight excluding hydrogens is 180 g/mol. The van der Waals surface area contributed by atoms with E-state index >= 15 is 0 Å². The standard InChI is InChI=1S/C10H20O2Si/c1-10-7-5-6-8(9(10)11-10)12-13(2,3)4/h8-9H,5-7H2,1-4H3/t8?,9-,10+/m0/s1. The zero-order valence-corrected chi connectivity index (χ0v) is 10.1. The molecule has 0 radical (unpaired) electrons. The van der Waals surface area contributed by atoms with Crippen LogP contribution in [0.25, 0.3) is 0 Å². The maximum Gasteiger partial charge on any atom is 0.184 e. The first-order valence-corrected chi connectivity index (χ1v) is 8.67. The quantitative estimate of drug-likeness (QED) is 0.505. The first-order valence-electron chi connectivity index (χ1n) is 5.26. The van der Waals surface area contributed by atoms with E-state index in [-0.39, 0.29) is 5.60 Å². The highest BCUT2D eigenvalue weighted by atomic mass is 28.4. The Morgan fingerprint density at radius 3 is 2.69 bits per heavy atom. The van der Waals surface area contributed by atoms with E-state index in [1.54, 1.807) is 0 Å². The summed E-state index contributed by atoms with van der Waals surface area (Å²) < 4.78 is 11.8. The van der Waals surface area contributed by atoms with Crippen LogP contribution in [0.3, 0.4) is 0 Å². The fourth-order valence-corrected chi connectivity index (χ4v) is 3.46. The monoisotopic (exact) mass is 200 g/mol. The highest BCUT2D eigenvalue weighted by Gasteiger charge is 2.58. The molecule has 13 heavy (non-hydrogen) atoms. The van der Waals surface area contributed by atoms with Crippen LogP contribution in [0.1, 0.15) is 26.2 Å². The van der Waals surface area contributed by atoms with Gasteiger partial charge >= 0.3 is 0 Å². The van der Waals surface area contributed by atoms with Crippen molar-refractivity contribution in [2.45, 2.75) is 63.6 Å². The van der Waals surface area contributed by atoms with Gasteiger partial charge < -0.3 is 9.16 Å². The summed E-state index contributed by atoms with van der Waals surface area (Å²) in [6.07, 6.45) is 4.49. The Balaban J connectivity index is 1.94. The summed E-state index contributed by atoms with van der Waals surface area (Å²) in [7, 11) is -1.37. The molecule has 2 aliphatic rings. The first-order chi connectivity index (χ1) is 5.91. The lowest BCUT2D eigenvalue weighted by atomic mass is 9.89. The van der Waals surface area contributed by atoms with Crippen LogP contribution in [0, 0.1) is 0 Å². The van der Waals surface area contributed by atoms with Crippen molar-refractivity contribution in [2.24, 2.45) is 0 Å². The molecule has 1 saturated heterocycles. The van der Waals surface area contributed by atoms with Crippen molar-refractivity contribution >= 4 is 8.32 Å². The van der Waals surface area contributed by atoms with Gasteiger partial charge in [0.15, 0.2) is 8.32 Å². The van der Waals surface area contributed by atoms with E-state index in [0.717, 1.165) is 0 Å². The Hall–Kier alpha value is 0.137. The number of hydrogen-bond donors (Lipinski definition) is 0. The maximum absolute atomic E-state index is 6.11. The van der Waals surface area contributed by atoms with Crippen molar-refractivity contribution in [3.8, 4) is 0 Å². The van der Waals surface area contributed by atoms with Gasteiger partial charge in [0.1, 0.15) is 6.10 Å². The summed E-state index contributed by atoms with van der Waals surface area (Å²) in [5, 5.41) is 0. The van der Waals surface area contributed by atoms with Crippen molar-refractivity contribution in [1.29, 1.82) is 0 Å². The number of ether oxygens (including phenoxy) is 1. The third-order valence-electron chi connectivity index (χ3n) is 2.95. The molecule has 0 aromatic rings. The summed E-state index contributed by atoms with van der Waals surface area (Å²) in [5.74, 6) is 0. The molecule has 0 bridgehead atoms. The maximum atomic E-state index is 6.11. The molecule has 0 aromatic heterocycles. The third-order valence-corrected chi connectivity index (χ3v) is 3.96. The Labute approximate surface area is 81.7 Å². The highest BCUT2D eigenvalue weighted by Crippen LogP contribution is 2.48. The smallest absolute Gasteiger partial charge is 0.184 e. The molecule has 1 unspecified atom stereocenters. The van der Waals surface area contributed by atoms with Crippen molar-refractivity contribution in [3.05, 3.63) is 0 Å². The van der Waals surface area contributed by atoms with Gasteiger partial charge in [-0.1, -0.05) is 0 Å². The summed E-state index contributed by atoms with van der Waals surface area (Å²) in [4.78, 5) is 0. The Morgan fingerprint density at radius 2 is 2.08 bits per heavy atom. The van der Waals surface area contributed by atoms with Gasteiger partial charge in [-0.2, -0.15) is 0 Å². The van der Waals surface area contributed by atoms with Crippen LogP contribution < -0.4 is 0 Å². The van der Waals surface area contributed by atoms with Crippen molar-refractivity contribution < 1.29 is 9.16 Å². The third kappa shape index (κ3) is 1.97. The molecule has 2 nitrogen and oxygen atoms in total. The fourth-order valence-electron chi connectivity index (χ4n) is 2.31. The van der Waals surface area contributed by atoms with Crippen molar-refractivity contribution in [1.82, 2.24) is 0 Å². The van der Waals surface area contributed by atoms with Gasteiger partial charge in [-0.3, -0.25) is 0 Å². The zero-order chi connectivity index (χ0) is 9.69. The van der Waals surface area contributed by atoms with Gasteiger partial charge in [-0.25, -0.2) is 0 Å². The van der Waals surface area contributed by atoms with Gasteiger partial charge in [0.2, 0.25) is 0 Å². The molecule has 1 heterocycles. The Morgan fingerprint density at radius 1 is 1.38 bits per heavy atom. The molecule has 0 N–H and O–H groups in total. The van der Waals surface area contributed by atoms with E-state index in [1.807, 2.05) is 0 Å². The van der Waals surface area contributed by atoms with Gasteiger partial charge in [0, 0.05) is 0 Å². The van der Waals surface area contributed by atoms with Crippen LogP contribution in [0.15, 0.2) is 0 Å². The van der Waals surface area contributed by atoms with Crippen LogP contribution in [-0.4, -0.2) is 26.1 Å². The topological polar surface area (TPSA) is 21.8 Å². The molecule has 0 amide bonds. The van der Waals surface area contributed by atoms with Gasteiger partial charge in [0.25, 0.3) is 0 Å². The fraction of sp³-hybridized carbons (Fsp3) is 1.00. The molecule has 3 heteroatoms. The van der Waals surface area contributed by atoms with E-state index in [9.17, 15) is 0 Å². The predicted octanol–water partition coefficient (Wildman–Crippen LogP) is 2.55. The second-order valence-corrected chi connectivity index (χ2v) is 9.97. The molecule has 1 saturated carbocycles. The second-order valence-electron chi connectivity index (χ2n) is 5.51. The molecule has 76 valence electrons. The van der Waals surface area contributed by atoms with Crippen LogP contribution in [0.4, 0.5) is 0 Å². The van der Waals surface area contributed by atoms with E-state index in [2.05, 4.69) is 26.6 Å². The van der Waals surface area contributed by atoms with E-state index in [0.29, 0.717) is 12.2 Å². The van der Waals surface area contributed by atoms with Gasteiger partial charge in [0.05, 0.1) is 11.7 Å². The summed E-state index contributed by atoms with van der Waals surface area (Å²) in [5.41, 5.74) is 0.183. The molecule has 0 spiro atoms. The highest BCUT2D eigenvalue weighted by molar-refractivity contribution is 6.69. The van der Waals surface area contributed by atoms with Crippen LogP contribution >= 0.6 is 0 Å². The second kappa shape index (κ2) is 2.81. The van der Waals surface area contributed by atoms with Crippen molar-refractivity contribution in [3.63, 3.8) is 0 Å². The summed E-state index contributed by atoms with van der Waals surface area (Å²) in [6.45, 7) is 8.97. The summed E-state index contributed by atoms with van der Waals surface area (Å²) in [6, 6.07) is 0. The number of fused-ring (bicyclic) bond motifs is 1. The van der Waals surface area contributed by atoms with Crippen LogP contribution in [0.2, 0.25) is 19.6 Å². The average Bonchev–Trinajstić information content (AvgIpc) is 2.58. The molecule has 3 atom stereocenters. The van der Waals surface area contributed by atoms with Crippen LogP contribution in [-0.2, 0) is 9.16 Å². The van der Waals surface area contributed by atoms with E-state index < -0.39 is 8.32 Å². The predicted molar refractivity (Wildman–Crippen MR) is 55.3 cm³/mol. The lowest BCUT2D eigenvalue weighted by molar-refractivity contribution is 0.140. The molecule has 2 fully saturated rings. The molecule has 0 aromatic carbocycles. The zero-order valence-electron chi connectivity index (χ0n) is 9.09. The number of epoxide rings is 1. The molecule has 2 rings (SSSR count). The number of rotatable bonds is 2. The van der Waals surface area contributed by atoms with Gasteiger partial charge in [-0.05, 0) is 45.8 Å². The number of hydrogen-bond acceptors (Lipinski definition) is 2. The Kier molecular flexibility index (Phi) is 2.09. The van der Waals surface area contributed by atoms with Crippen molar-refractivity contribution in [2.75, 3.05) is 0 Å². The first kappa shape index (κ1) is 9.68. The molecular formula is C10H20O2Si. The summed E-state index contributed by atoms with van der Waals surface area (Å²) >= 11 is 0. The normalized spacial score (nSPS) is 44.3. The minimum absolute atomic E-state index is 0.183. The van der Waals surface area contributed by atoms with Crippen LogP contribution in [0.5, 0.6) is 0 Å². The Bertz CT molecular complexity index is 211. The van der Waals surface area contributed by atoms with Gasteiger partial charge in [-0.15, -0.1) is 0 Å².